The summed E-state index contributed by atoms with van der Waals surface area (Å²) in [6.07, 6.45) is 0.880. The molecule has 0 spiro atoms. The van der Waals surface area contributed by atoms with Crippen molar-refractivity contribution in [1.82, 2.24) is 5.32 Å². The van der Waals surface area contributed by atoms with Crippen molar-refractivity contribution in [1.29, 1.82) is 0 Å². The Bertz CT molecular complexity index is 374. The number of nitrogens with one attached hydrogen (secondary N) is 1. The van der Waals surface area contributed by atoms with Crippen LogP contribution in [-0.2, 0) is 4.74 Å². The Labute approximate surface area is 111 Å². The molecule has 0 saturated heterocycles. The van der Waals surface area contributed by atoms with E-state index in [1.54, 1.807) is 7.11 Å². The zero-order chi connectivity index (χ0) is 12.8. The maximum absolute atomic E-state index is 13.3. The Morgan fingerprint density at radius 2 is 2.12 bits per heavy atom. The van der Waals surface area contributed by atoms with Gasteiger partial charge in [0, 0.05) is 30.3 Å². The molecule has 17 heavy (non-hydrogen) atoms. The van der Waals surface area contributed by atoms with E-state index in [0.29, 0.717) is 17.2 Å². The van der Waals surface area contributed by atoms with Crippen molar-refractivity contribution in [3.05, 3.63) is 33.6 Å². The van der Waals surface area contributed by atoms with E-state index >= 15 is 0 Å². The number of methoxy groups -OCH3 is 1. The largest absolute Gasteiger partial charge is 0.385 e. The van der Waals surface area contributed by atoms with Gasteiger partial charge in [-0.15, -0.1) is 0 Å². The summed E-state index contributed by atoms with van der Waals surface area (Å²) in [5.74, 6) is -0.448. The van der Waals surface area contributed by atoms with Gasteiger partial charge in [-0.3, -0.25) is 0 Å². The first-order chi connectivity index (χ1) is 8.07. The lowest BCUT2D eigenvalue weighted by atomic mass is 10.1. The van der Waals surface area contributed by atoms with Crippen LogP contribution in [0.2, 0.25) is 10.0 Å². The maximum atomic E-state index is 13.3. The van der Waals surface area contributed by atoms with Crippen molar-refractivity contribution in [3.8, 4) is 0 Å². The molecule has 0 fully saturated rings. The second-order valence-corrected chi connectivity index (χ2v) is 4.56. The van der Waals surface area contributed by atoms with Gasteiger partial charge in [0.05, 0.1) is 5.02 Å². The van der Waals surface area contributed by atoms with Gasteiger partial charge in [-0.25, -0.2) is 4.39 Å². The predicted octanol–water partition coefficient (Wildman–Crippen LogP) is 3.82. The second-order valence-electron chi connectivity index (χ2n) is 3.78. The first-order valence-electron chi connectivity index (χ1n) is 5.43. The van der Waals surface area contributed by atoms with Crippen LogP contribution >= 0.6 is 23.2 Å². The molecule has 5 heteroatoms. The zero-order valence-electron chi connectivity index (χ0n) is 9.90. The topological polar surface area (TPSA) is 21.3 Å². The van der Waals surface area contributed by atoms with Crippen LogP contribution < -0.4 is 5.32 Å². The van der Waals surface area contributed by atoms with E-state index < -0.39 is 5.82 Å². The number of hydrogen-bond acceptors (Lipinski definition) is 2. The van der Waals surface area contributed by atoms with Gasteiger partial charge in [-0.05, 0) is 32.0 Å². The standard InChI is InChI=1S/C12H16Cl2FNO/c1-8(16-6-3-7-17-2)11-9(13)4-5-10(15)12(11)14/h4-5,8,16H,3,6-7H2,1-2H3. The van der Waals surface area contributed by atoms with E-state index in [1.165, 1.54) is 12.1 Å². The number of ether oxygens (including phenoxy) is 1. The van der Waals surface area contributed by atoms with Crippen molar-refractivity contribution >= 4 is 23.2 Å². The Kier molecular flexibility index (Phi) is 6.20. The van der Waals surface area contributed by atoms with Gasteiger partial charge in [-0.1, -0.05) is 23.2 Å². The summed E-state index contributed by atoms with van der Waals surface area (Å²) in [7, 11) is 1.66. The first kappa shape index (κ1) is 14.7. The smallest absolute Gasteiger partial charge is 0.142 e. The van der Waals surface area contributed by atoms with E-state index in [4.69, 9.17) is 27.9 Å². The van der Waals surface area contributed by atoms with Crippen LogP contribution in [0.5, 0.6) is 0 Å². The molecule has 0 aliphatic rings. The number of rotatable bonds is 6. The van der Waals surface area contributed by atoms with Gasteiger partial charge >= 0.3 is 0 Å². The minimum absolute atomic E-state index is 0.0873. The van der Waals surface area contributed by atoms with Crippen LogP contribution in [-0.4, -0.2) is 20.3 Å². The predicted molar refractivity (Wildman–Crippen MR) is 69.3 cm³/mol. The third-order valence-electron chi connectivity index (χ3n) is 2.49. The molecule has 0 bridgehead atoms. The summed E-state index contributed by atoms with van der Waals surface area (Å²) >= 11 is 11.9. The number of halogens is 3. The van der Waals surface area contributed by atoms with Gasteiger partial charge in [0.25, 0.3) is 0 Å². The molecule has 2 nitrogen and oxygen atoms in total. The minimum Gasteiger partial charge on any atom is -0.385 e. The van der Waals surface area contributed by atoms with Crippen molar-refractivity contribution in [2.75, 3.05) is 20.3 Å². The van der Waals surface area contributed by atoms with Gasteiger partial charge in [-0.2, -0.15) is 0 Å². The Balaban J connectivity index is 2.68. The summed E-state index contributed by atoms with van der Waals surface area (Å²) in [5.41, 5.74) is 0.603. The SMILES string of the molecule is COCCCNC(C)c1c(Cl)ccc(F)c1Cl. The highest BCUT2D eigenvalue weighted by molar-refractivity contribution is 6.36. The highest BCUT2D eigenvalue weighted by Gasteiger charge is 2.16. The zero-order valence-corrected chi connectivity index (χ0v) is 11.4. The molecular weight excluding hydrogens is 264 g/mol. The van der Waals surface area contributed by atoms with Crippen LogP contribution in [0.3, 0.4) is 0 Å². The molecule has 1 rings (SSSR count). The van der Waals surface area contributed by atoms with Crippen molar-refractivity contribution in [3.63, 3.8) is 0 Å². The van der Waals surface area contributed by atoms with E-state index in [2.05, 4.69) is 5.32 Å². The normalized spacial score (nSPS) is 12.8. The Morgan fingerprint density at radius 1 is 1.41 bits per heavy atom. The molecule has 1 aromatic rings. The Morgan fingerprint density at radius 3 is 2.76 bits per heavy atom. The molecule has 0 amide bonds. The maximum Gasteiger partial charge on any atom is 0.142 e. The molecule has 0 aliphatic carbocycles. The van der Waals surface area contributed by atoms with Crippen molar-refractivity contribution < 1.29 is 9.13 Å². The van der Waals surface area contributed by atoms with Crippen LogP contribution in [0, 0.1) is 5.82 Å². The van der Waals surface area contributed by atoms with Gasteiger partial charge in [0.15, 0.2) is 0 Å². The van der Waals surface area contributed by atoms with Gasteiger partial charge in [0.2, 0.25) is 0 Å². The molecular formula is C12H16Cl2FNO. The summed E-state index contributed by atoms with van der Waals surface area (Å²) in [6, 6.07) is 2.69. The third kappa shape index (κ3) is 4.11. The molecule has 0 heterocycles. The highest BCUT2D eigenvalue weighted by atomic mass is 35.5. The number of hydrogen-bond donors (Lipinski definition) is 1. The van der Waals surface area contributed by atoms with Crippen LogP contribution in [0.25, 0.3) is 0 Å². The fraction of sp³-hybridized carbons (Fsp3) is 0.500. The summed E-state index contributed by atoms with van der Waals surface area (Å²) in [5, 5.41) is 3.79. The minimum atomic E-state index is -0.448. The van der Waals surface area contributed by atoms with E-state index in [-0.39, 0.29) is 11.1 Å². The molecule has 0 aromatic heterocycles. The molecule has 96 valence electrons. The number of benzene rings is 1. The lowest BCUT2D eigenvalue weighted by Gasteiger charge is -2.17. The molecule has 1 unspecified atom stereocenters. The van der Waals surface area contributed by atoms with Crippen LogP contribution in [0.1, 0.15) is 24.9 Å². The lowest BCUT2D eigenvalue weighted by Crippen LogP contribution is -2.21. The second kappa shape index (κ2) is 7.17. The molecule has 0 radical (unpaired) electrons. The molecule has 1 atom stereocenters. The molecule has 0 saturated carbocycles. The molecule has 0 aliphatic heterocycles. The van der Waals surface area contributed by atoms with Gasteiger partial charge in [0.1, 0.15) is 5.82 Å². The quantitative estimate of drug-likeness (QED) is 0.631. The van der Waals surface area contributed by atoms with E-state index in [0.717, 1.165) is 13.0 Å². The lowest BCUT2D eigenvalue weighted by molar-refractivity contribution is 0.193. The molecule has 1 aromatic carbocycles. The summed E-state index contributed by atoms with van der Waals surface area (Å²) in [6.45, 7) is 3.35. The van der Waals surface area contributed by atoms with Gasteiger partial charge < -0.3 is 10.1 Å². The van der Waals surface area contributed by atoms with Crippen molar-refractivity contribution in [2.45, 2.75) is 19.4 Å². The monoisotopic (exact) mass is 279 g/mol. The van der Waals surface area contributed by atoms with E-state index in [9.17, 15) is 4.39 Å². The van der Waals surface area contributed by atoms with Crippen LogP contribution in [0.15, 0.2) is 12.1 Å². The molecule has 1 N–H and O–H groups in total. The fourth-order valence-electron chi connectivity index (χ4n) is 1.58. The fourth-order valence-corrected chi connectivity index (χ4v) is 2.27. The van der Waals surface area contributed by atoms with E-state index in [1.807, 2.05) is 6.92 Å². The average molecular weight is 280 g/mol. The van der Waals surface area contributed by atoms with Crippen molar-refractivity contribution in [2.24, 2.45) is 0 Å². The van der Waals surface area contributed by atoms with Crippen LogP contribution in [0.4, 0.5) is 4.39 Å². The summed E-state index contributed by atoms with van der Waals surface area (Å²) < 4.78 is 18.3. The highest BCUT2D eigenvalue weighted by Crippen LogP contribution is 2.32. The first-order valence-corrected chi connectivity index (χ1v) is 6.19. The average Bonchev–Trinajstić information content (AvgIpc) is 2.30. The third-order valence-corrected chi connectivity index (χ3v) is 3.20. The summed E-state index contributed by atoms with van der Waals surface area (Å²) in [4.78, 5) is 0. The Hall–Kier alpha value is -0.350.